The molecule has 2 heterocycles. The molecule has 2 atom stereocenters. The minimum Gasteiger partial charge on any atom is -0.477 e. The number of hydrogen-bond acceptors (Lipinski definition) is 4. The van der Waals surface area contributed by atoms with E-state index < -0.39 is 5.97 Å². The smallest absolute Gasteiger partial charge is 0.347 e. The van der Waals surface area contributed by atoms with Gasteiger partial charge in [-0.3, -0.25) is 4.90 Å². The maximum atomic E-state index is 11.1. The van der Waals surface area contributed by atoms with Gasteiger partial charge in [0, 0.05) is 6.04 Å². The van der Waals surface area contributed by atoms with E-state index in [2.05, 4.69) is 23.7 Å². The van der Waals surface area contributed by atoms with E-state index in [1.54, 1.807) is 6.92 Å². The lowest BCUT2D eigenvalue weighted by Crippen LogP contribution is -2.39. The Bertz CT molecular complexity index is 444. The zero-order valence-corrected chi connectivity index (χ0v) is 12.0. The summed E-state index contributed by atoms with van der Waals surface area (Å²) in [5, 5.41) is 10.0. The second-order valence-corrected chi connectivity index (χ2v) is 6.06. The first-order valence-corrected chi connectivity index (χ1v) is 7.28. The lowest BCUT2D eigenvalue weighted by atomic mass is 10.0. The van der Waals surface area contributed by atoms with Crippen molar-refractivity contribution < 1.29 is 9.90 Å². The van der Waals surface area contributed by atoms with Gasteiger partial charge >= 0.3 is 5.97 Å². The predicted molar refractivity (Wildman–Crippen MR) is 72.2 cm³/mol. The molecule has 0 saturated carbocycles. The third kappa shape index (κ3) is 2.57. The number of likely N-dealkylation sites (tertiary alicyclic amines) is 1. The summed E-state index contributed by atoms with van der Waals surface area (Å²) in [6, 6.07) is 0.781. The minimum atomic E-state index is -0.866. The molecule has 2 unspecified atom stereocenters. The number of nitrogens with zero attached hydrogens (tertiary/aromatic N) is 2. The summed E-state index contributed by atoms with van der Waals surface area (Å²) in [6.07, 6.45) is 3.74. The van der Waals surface area contributed by atoms with Crippen molar-refractivity contribution in [1.82, 2.24) is 9.88 Å². The molecular formula is C13H20N2O2S. The van der Waals surface area contributed by atoms with E-state index in [0.29, 0.717) is 16.6 Å². The quantitative estimate of drug-likeness (QED) is 0.915. The van der Waals surface area contributed by atoms with Gasteiger partial charge in [0.2, 0.25) is 0 Å². The Kier molecular flexibility index (Phi) is 4.02. The lowest BCUT2D eigenvalue weighted by molar-refractivity contribution is 0.0701. The highest BCUT2D eigenvalue weighted by Crippen LogP contribution is 2.31. The number of carbonyl (C=O) groups is 1. The normalized spacial score (nSPS) is 22.9. The lowest BCUT2D eigenvalue weighted by Gasteiger charge is -2.37. The summed E-state index contributed by atoms with van der Waals surface area (Å²) < 4.78 is 0. The fourth-order valence-corrected chi connectivity index (χ4v) is 3.61. The minimum absolute atomic E-state index is 0.220. The molecule has 4 nitrogen and oxygen atoms in total. The van der Waals surface area contributed by atoms with E-state index in [4.69, 9.17) is 5.11 Å². The van der Waals surface area contributed by atoms with Crippen LogP contribution in [0.4, 0.5) is 0 Å². The summed E-state index contributed by atoms with van der Waals surface area (Å²) >= 11 is 1.32. The first kappa shape index (κ1) is 13.5. The monoisotopic (exact) mass is 268 g/mol. The van der Waals surface area contributed by atoms with Crippen LogP contribution in [0.3, 0.4) is 0 Å². The summed E-state index contributed by atoms with van der Waals surface area (Å²) in [4.78, 5) is 18.3. The Morgan fingerprint density at radius 1 is 1.56 bits per heavy atom. The van der Waals surface area contributed by atoms with E-state index in [9.17, 15) is 4.79 Å². The zero-order valence-electron chi connectivity index (χ0n) is 11.1. The van der Waals surface area contributed by atoms with E-state index in [1.807, 2.05) is 0 Å². The number of carboxylic acids is 1. The average molecular weight is 268 g/mol. The van der Waals surface area contributed by atoms with Crippen LogP contribution in [0, 0.1) is 6.92 Å². The number of aromatic nitrogens is 1. The van der Waals surface area contributed by atoms with Crippen LogP contribution >= 0.6 is 11.3 Å². The maximum absolute atomic E-state index is 11.1. The molecule has 1 N–H and O–H groups in total. The Morgan fingerprint density at radius 3 is 2.83 bits per heavy atom. The van der Waals surface area contributed by atoms with Crippen molar-refractivity contribution in [2.75, 3.05) is 6.54 Å². The molecule has 0 radical (unpaired) electrons. The molecule has 1 aromatic heterocycles. The van der Waals surface area contributed by atoms with Crippen molar-refractivity contribution in [2.45, 2.75) is 52.1 Å². The second kappa shape index (κ2) is 5.36. The summed E-state index contributed by atoms with van der Waals surface area (Å²) in [5.41, 5.74) is 0.638. The number of hydrogen-bond donors (Lipinski definition) is 1. The van der Waals surface area contributed by atoms with Crippen LogP contribution in [0.15, 0.2) is 0 Å². The summed E-state index contributed by atoms with van der Waals surface area (Å²) in [5.74, 6) is -0.866. The standard InChI is InChI=1S/C13H20N2O2S/c1-8-6-4-5-7-15(8)10(3)12-14-9(2)11(18-12)13(16)17/h8,10H,4-7H2,1-3H3,(H,16,17). The first-order valence-electron chi connectivity index (χ1n) is 6.47. The molecule has 1 saturated heterocycles. The highest BCUT2D eigenvalue weighted by atomic mass is 32.1. The van der Waals surface area contributed by atoms with Crippen LogP contribution in [-0.4, -0.2) is 33.5 Å². The van der Waals surface area contributed by atoms with Crippen LogP contribution in [0.2, 0.25) is 0 Å². The SMILES string of the molecule is Cc1nc(C(C)N2CCCCC2C)sc1C(=O)O. The van der Waals surface area contributed by atoms with E-state index in [0.717, 1.165) is 11.6 Å². The molecule has 5 heteroatoms. The highest BCUT2D eigenvalue weighted by molar-refractivity contribution is 7.13. The van der Waals surface area contributed by atoms with E-state index in [-0.39, 0.29) is 6.04 Å². The maximum Gasteiger partial charge on any atom is 0.347 e. The van der Waals surface area contributed by atoms with Crippen LogP contribution in [-0.2, 0) is 0 Å². The number of carboxylic acid groups (broad SMARTS) is 1. The largest absolute Gasteiger partial charge is 0.477 e. The Labute approximate surface area is 112 Å². The molecule has 1 aliphatic rings. The van der Waals surface area contributed by atoms with Gasteiger partial charge in [0.25, 0.3) is 0 Å². The van der Waals surface area contributed by atoms with Crippen LogP contribution in [0.1, 0.15) is 59.5 Å². The van der Waals surface area contributed by atoms with Gasteiger partial charge in [0.05, 0.1) is 11.7 Å². The second-order valence-electron chi connectivity index (χ2n) is 5.03. The summed E-state index contributed by atoms with van der Waals surface area (Å²) in [7, 11) is 0. The number of aryl methyl sites for hydroxylation is 1. The van der Waals surface area contributed by atoms with Crippen LogP contribution in [0.25, 0.3) is 0 Å². The zero-order chi connectivity index (χ0) is 13.3. The van der Waals surface area contributed by atoms with Crippen molar-refractivity contribution in [3.63, 3.8) is 0 Å². The molecule has 0 bridgehead atoms. The third-order valence-corrected chi connectivity index (χ3v) is 5.03. The van der Waals surface area contributed by atoms with Crippen molar-refractivity contribution in [3.8, 4) is 0 Å². The molecule has 0 aromatic carbocycles. The fraction of sp³-hybridized carbons (Fsp3) is 0.692. The molecule has 0 spiro atoms. The first-order chi connectivity index (χ1) is 8.50. The van der Waals surface area contributed by atoms with Crippen molar-refractivity contribution in [2.24, 2.45) is 0 Å². The van der Waals surface area contributed by atoms with Crippen LogP contribution in [0.5, 0.6) is 0 Å². The highest BCUT2D eigenvalue weighted by Gasteiger charge is 2.27. The number of aromatic carboxylic acids is 1. The van der Waals surface area contributed by atoms with Crippen molar-refractivity contribution >= 4 is 17.3 Å². The summed E-state index contributed by atoms with van der Waals surface area (Å²) in [6.45, 7) is 7.24. The number of piperidine rings is 1. The van der Waals surface area contributed by atoms with Gasteiger partial charge in [-0.1, -0.05) is 6.42 Å². The van der Waals surface area contributed by atoms with Crippen molar-refractivity contribution in [3.05, 3.63) is 15.6 Å². The molecular weight excluding hydrogens is 248 g/mol. The van der Waals surface area contributed by atoms with Gasteiger partial charge in [-0.2, -0.15) is 0 Å². The van der Waals surface area contributed by atoms with Gasteiger partial charge in [0.15, 0.2) is 0 Å². The van der Waals surface area contributed by atoms with Gasteiger partial charge in [-0.25, -0.2) is 9.78 Å². The average Bonchev–Trinajstić information content (AvgIpc) is 2.71. The molecule has 0 amide bonds. The molecule has 2 rings (SSSR count). The Hall–Kier alpha value is -0.940. The fourth-order valence-electron chi connectivity index (χ4n) is 2.63. The molecule has 18 heavy (non-hydrogen) atoms. The molecule has 1 fully saturated rings. The van der Waals surface area contributed by atoms with Crippen LogP contribution < -0.4 is 0 Å². The van der Waals surface area contributed by atoms with Gasteiger partial charge in [-0.05, 0) is 40.2 Å². The van der Waals surface area contributed by atoms with E-state index in [1.165, 1.54) is 30.6 Å². The topological polar surface area (TPSA) is 53.4 Å². The Balaban J connectivity index is 2.20. The molecule has 1 aliphatic heterocycles. The number of rotatable bonds is 3. The molecule has 0 aliphatic carbocycles. The molecule has 100 valence electrons. The third-order valence-electron chi connectivity index (χ3n) is 3.72. The molecule has 1 aromatic rings. The van der Waals surface area contributed by atoms with Crippen molar-refractivity contribution in [1.29, 1.82) is 0 Å². The Morgan fingerprint density at radius 2 is 2.28 bits per heavy atom. The van der Waals surface area contributed by atoms with Gasteiger partial charge < -0.3 is 5.11 Å². The predicted octanol–water partition coefficient (Wildman–Crippen LogP) is 3.09. The van der Waals surface area contributed by atoms with E-state index >= 15 is 0 Å². The van der Waals surface area contributed by atoms with Gasteiger partial charge in [0.1, 0.15) is 9.88 Å². The number of thiazole rings is 1. The van der Waals surface area contributed by atoms with Gasteiger partial charge in [-0.15, -0.1) is 11.3 Å².